The molecule has 3 aromatic rings. The van der Waals surface area contributed by atoms with E-state index in [9.17, 15) is 46.0 Å². The monoisotopic (exact) mass is 546 g/mol. The van der Waals surface area contributed by atoms with Gasteiger partial charge in [-0.15, -0.1) is 0 Å². The number of hydrogen-bond acceptors (Lipinski definition) is 6. The van der Waals surface area contributed by atoms with Crippen LogP contribution < -0.4 is 5.32 Å². The number of aliphatic hydroxyl groups is 1. The lowest BCUT2D eigenvalue weighted by atomic mass is 9.93. The molecule has 1 unspecified atom stereocenters. The highest BCUT2D eigenvalue weighted by molar-refractivity contribution is 7.91. The minimum Gasteiger partial charge on any atom is -0.374 e. The van der Waals surface area contributed by atoms with Crippen molar-refractivity contribution in [1.29, 1.82) is 0 Å². The van der Waals surface area contributed by atoms with Gasteiger partial charge in [-0.25, -0.2) is 12.8 Å². The van der Waals surface area contributed by atoms with Crippen LogP contribution in [0.25, 0.3) is 0 Å². The Labute approximate surface area is 206 Å². The zero-order chi connectivity index (χ0) is 26.9. The van der Waals surface area contributed by atoms with Crippen molar-refractivity contribution in [2.45, 2.75) is 16.7 Å². The molecule has 0 aliphatic heterocycles. The second-order valence-corrected chi connectivity index (χ2v) is 9.92. The van der Waals surface area contributed by atoms with Crippen molar-refractivity contribution in [3.63, 3.8) is 0 Å². The summed E-state index contributed by atoms with van der Waals surface area (Å²) in [5.74, 6) is -3.46. The van der Waals surface area contributed by atoms with Crippen LogP contribution in [0.3, 0.4) is 0 Å². The Balaban J connectivity index is 2.05. The van der Waals surface area contributed by atoms with Crippen molar-refractivity contribution in [1.82, 2.24) is 0 Å². The molecule has 1 amide bonds. The van der Waals surface area contributed by atoms with Crippen LogP contribution in [0.1, 0.15) is 11.1 Å². The van der Waals surface area contributed by atoms with Gasteiger partial charge >= 0.3 is 6.18 Å². The molecule has 0 radical (unpaired) electrons. The average molecular weight is 547 g/mol. The summed E-state index contributed by atoms with van der Waals surface area (Å²) in [7, 11) is -4.50. The van der Waals surface area contributed by atoms with Gasteiger partial charge in [0.1, 0.15) is 10.8 Å². The zero-order valence-electron chi connectivity index (χ0n) is 17.8. The van der Waals surface area contributed by atoms with E-state index >= 15 is 0 Å². The van der Waals surface area contributed by atoms with Gasteiger partial charge in [-0.05, 0) is 54.1 Å². The minimum absolute atomic E-state index is 0.167. The largest absolute Gasteiger partial charge is 0.416 e. The number of hydrogen-bond donors (Lipinski definition) is 2. The molecule has 0 aromatic heterocycles. The quantitative estimate of drug-likeness (QED) is 0.191. The molecule has 190 valence electrons. The maximum Gasteiger partial charge on any atom is 0.416 e. The fourth-order valence-corrected chi connectivity index (χ4v) is 5.00. The molecular formula is C22H15ClF4N2O6S. The number of carbonyl (C=O) groups excluding carboxylic acids is 1. The van der Waals surface area contributed by atoms with E-state index in [1.54, 1.807) is 0 Å². The standard InChI is InChI=1S/C22H15ClF4N2O6S/c23-18-11-16(7-10-19(18)29(32)33)28-20(30)21(31,13-1-3-14(4-2-13)22(25,26)27)12-36(34,35)17-8-5-15(24)6-9-17/h1-11,31H,12H2,(H,28,30). The summed E-state index contributed by atoms with van der Waals surface area (Å²) in [5, 5.41) is 24.0. The first-order chi connectivity index (χ1) is 16.6. The first-order valence-corrected chi connectivity index (χ1v) is 11.8. The third-order valence-electron chi connectivity index (χ3n) is 5.04. The Bertz CT molecular complexity index is 1410. The highest BCUT2D eigenvalue weighted by Gasteiger charge is 2.44. The molecule has 0 heterocycles. The predicted octanol–water partition coefficient (Wildman–Crippen LogP) is 4.71. The van der Waals surface area contributed by atoms with Crippen LogP contribution in [-0.4, -0.2) is 30.1 Å². The first-order valence-electron chi connectivity index (χ1n) is 9.77. The average Bonchev–Trinajstić information content (AvgIpc) is 2.78. The van der Waals surface area contributed by atoms with E-state index in [0.717, 1.165) is 54.6 Å². The topological polar surface area (TPSA) is 127 Å². The van der Waals surface area contributed by atoms with Gasteiger partial charge in [-0.2, -0.15) is 13.2 Å². The molecule has 36 heavy (non-hydrogen) atoms. The molecule has 0 saturated heterocycles. The molecule has 0 aliphatic rings. The van der Waals surface area contributed by atoms with Crippen LogP contribution in [0, 0.1) is 15.9 Å². The zero-order valence-corrected chi connectivity index (χ0v) is 19.4. The number of nitrogens with zero attached hydrogens (tertiary/aromatic N) is 1. The number of amides is 1. The summed E-state index contributed by atoms with van der Waals surface area (Å²) in [6.45, 7) is 0. The van der Waals surface area contributed by atoms with Crippen LogP contribution in [0.15, 0.2) is 71.6 Å². The molecule has 3 rings (SSSR count). The summed E-state index contributed by atoms with van der Waals surface area (Å²) in [6, 6.07) is 9.04. The Morgan fingerprint density at radius 3 is 2.06 bits per heavy atom. The number of carbonyl (C=O) groups is 1. The summed E-state index contributed by atoms with van der Waals surface area (Å²) in [5.41, 5.74) is -5.21. The molecular weight excluding hydrogens is 532 g/mol. The fraction of sp³-hybridized carbons (Fsp3) is 0.136. The number of nitro groups is 1. The highest BCUT2D eigenvalue weighted by atomic mass is 35.5. The van der Waals surface area contributed by atoms with Crippen LogP contribution in [0.4, 0.5) is 28.9 Å². The molecule has 8 nitrogen and oxygen atoms in total. The van der Waals surface area contributed by atoms with E-state index < -0.39 is 65.7 Å². The van der Waals surface area contributed by atoms with Crippen molar-refractivity contribution in [3.8, 4) is 0 Å². The Kier molecular flexibility index (Phi) is 7.39. The van der Waals surface area contributed by atoms with Gasteiger partial charge in [-0.3, -0.25) is 14.9 Å². The summed E-state index contributed by atoms with van der Waals surface area (Å²) in [6.07, 6.45) is -4.74. The lowest BCUT2D eigenvalue weighted by molar-refractivity contribution is -0.384. The normalized spacial score (nSPS) is 13.6. The Morgan fingerprint density at radius 1 is 1.00 bits per heavy atom. The summed E-state index contributed by atoms with van der Waals surface area (Å²) < 4.78 is 78.1. The first kappa shape index (κ1) is 27.0. The van der Waals surface area contributed by atoms with Gasteiger partial charge in [0.05, 0.1) is 21.1 Å². The van der Waals surface area contributed by atoms with E-state index in [2.05, 4.69) is 5.32 Å². The van der Waals surface area contributed by atoms with Gasteiger partial charge in [0.2, 0.25) is 0 Å². The number of benzene rings is 3. The number of nitro benzene ring substituents is 1. The molecule has 0 saturated carbocycles. The molecule has 1 atom stereocenters. The Hall–Kier alpha value is -3.55. The van der Waals surface area contributed by atoms with Crippen LogP contribution in [0.5, 0.6) is 0 Å². The number of halogens is 5. The molecule has 2 N–H and O–H groups in total. The fourth-order valence-electron chi connectivity index (χ4n) is 3.18. The number of alkyl halides is 3. The van der Waals surface area contributed by atoms with Gasteiger partial charge in [0.25, 0.3) is 11.6 Å². The predicted molar refractivity (Wildman–Crippen MR) is 121 cm³/mol. The molecule has 14 heteroatoms. The van der Waals surface area contributed by atoms with Crippen molar-refractivity contribution >= 4 is 38.7 Å². The number of sulfone groups is 1. The van der Waals surface area contributed by atoms with Crippen molar-refractivity contribution < 1.29 is 40.8 Å². The second-order valence-electron chi connectivity index (χ2n) is 7.53. The van der Waals surface area contributed by atoms with E-state index in [4.69, 9.17) is 11.6 Å². The van der Waals surface area contributed by atoms with E-state index in [1.165, 1.54) is 0 Å². The summed E-state index contributed by atoms with van der Waals surface area (Å²) in [4.78, 5) is 22.8. The van der Waals surface area contributed by atoms with Crippen molar-refractivity contribution in [2.75, 3.05) is 11.1 Å². The van der Waals surface area contributed by atoms with E-state index in [0.29, 0.717) is 12.1 Å². The minimum atomic E-state index is -4.74. The van der Waals surface area contributed by atoms with Gasteiger partial charge in [-0.1, -0.05) is 23.7 Å². The SMILES string of the molecule is O=C(Nc1ccc([N+](=O)[O-])c(Cl)c1)C(O)(CS(=O)(=O)c1ccc(F)cc1)c1ccc(C(F)(F)F)cc1. The Morgan fingerprint density at radius 2 is 1.56 bits per heavy atom. The maximum atomic E-state index is 13.2. The maximum absolute atomic E-state index is 13.2. The third kappa shape index (κ3) is 5.80. The number of nitrogens with one attached hydrogen (secondary N) is 1. The van der Waals surface area contributed by atoms with Gasteiger partial charge < -0.3 is 10.4 Å². The third-order valence-corrected chi connectivity index (χ3v) is 7.13. The van der Waals surface area contributed by atoms with Crippen molar-refractivity contribution in [2.24, 2.45) is 0 Å². The van der Waals surface area contributed by atoms with Crippen LogP contribution >= 0.6 is 11.6 Å². The number of rotatable bonds is 7. The lowest BCUT2D eigenvalue weighted by Crippen LogP contribution is -2.46. The molecule has 0 fully saturated rings. The molecule has 0 spiro atoms. The van der Waals surface area contributed by atoms with Gasteiger partial charge in [0.15, 0.2) is 15.4 Å². The highest BCUT2D eigenvalue weighted by Crippen LogP contribution is 2.34. The number of anilines is 1. The van der Waals surface area contributed by atoms with Crippen molar-refractivity contribution in [3.05, 3.63) is 98.8 Å². The second kappa shape index (κ2) is 9.84. The lowest BCUT2D eigenvalue weighted by Gasteiger charge is -2.27. The van der Waals surface area contributed by atoms with Crippen LogP contribution in [0.2, 0.25) is 5.02 Å². The van der Waals surface area contributed by atoms with E-state index in [1.807, 2.05) is 0 Å². The summed E-state index contributed by atoms with van der Waals surface area (Å²) >= 11 is 5.81. The van der Waals surface area contributed by atoms with E-state index in [-0.39, 0.29) is 10.7 Å². The van der Waals surface area contributed by atoms with Crippen LogP contribution in [-0.2, 0) is 26.4 Å². The molecule has 0 aliphatic carbocycles. The molecule has 0 bridgehead atoms. The smallest absolute Gasteiger partial charge is 0.374 e. The molecule has 3 aromatic carbocycles. The van der Waals surface area contributed by atoms with Gasteiger partial charge in [0, 0.05) is 11.8 Å².